The number of aromatic nitrogens is 6. The number of aryl methyl sites for hydroxylation is 1. The number of halogens is 9. The Bertz CT molecular complexity index is 2320. The molecular weight excluding hydrogens is 1060 g/mol. The lowest BCUT2D eigenvalue weighted by molar-refractivity contribution is 0.174. The van der Waals surface area contributed by atoms with Gasteiger partial charge in [-0.2, -0.15) is 0 Å². The molecule has 298 valence electrons. The van der Waals surface area contributed by atoms with Crippen LogP contribution in [-0.4, -0.2) is 44.5 Å². The summed E-state index contributed by atoms with van der Waals surface area (Å²) in [6, 6.07) is 21.2. The van der Waals surface area contributed by atoms with Crippen LogP contribution in [0.15, 0.2) is 80.0 Å². The van der Waals surface area contributed by atoms with E-state index in [4.69, 9.17) is 97.1 Å². The summed E-state index contributed by atoms with van der Waals surface area (Å²) in [4.78, 5) is 0. The third kappa shape index (κ3) is 14.3. The van der Waals surface area contributed by atoms with Gasteiger partial charge in [0, 0.05) is 18.2 Å². The molecule has 1 aliphatic rings. The lowest BCUT2D eigenvalue weighted by Crippen LogP contribution is -1.99. The molecule has 57 heavy (non-hydrogen) atoms. The standard InChI is InChI=1S/C12H9Br3N2O2.C12H7Cl3N2O3.C12H9Cl3N2O/c1-18-9-5-2-8(3-6-9)4-7-10-16-17-11(19-10)12(13,14)15;13-12(14,15)11-17-16-10(20-11)4-2-7-1-3-8-9(5-7)19-6-18-8;1-8-2-4-9(5-3-8)6-7-10-16-17-11(18-10)12(13,14)15/h2-7H,1H3;1-5H,6H2;2-7H,1H3/b7-4+;4-2+;7-6+. The summed E-state index contributed by atoms with van der Waals surface area (Å²) in [5.74, 6) is 3.46. The van der Waals surface area contributed by atoms with Gasteiger partial charge in [-0.1, -0.05) is 118 Å². The number of benzene rings is 3. The minimum Gasteiger partial charge on any atom is -0.497 e. The monoisotopic (exact) mass is 1080 g/mol. The van der Waals surface area contributed by atoms with Crippen LogP contribution in [-0.2, 0) is 9.73 Å². The lowest BCUT2D eigenvalue weighted by atomic mass is 10.1. The fraction of sp³-hybridized carbons (Fsp3) is 0.167. The number of fused-ring (bicyclic) bond motifs is 1. The highest BCUT2D eigenvalue weighted by Gasteiger charge is 2.31. The van der Waals surface area contributed by atoms with Crippen molar-refractivity contribution in [2.75, 3.05) is 13.9 Å². The van der Waals surface area contributed by atoms with E-state index in [9.17, 15) is 0 Å². The van der Waals surface area contributed by atoms with Gasteiger partial charge in [0.2, 0.25) is 26.6 Å². The molecule has 0 unspecified atom stereocenters. The maximum Gasteiger partial charge on any atom is 0.268 e. The molecule has 0 saturated carbocycles. The van der Waals surface area contributed by atoms with Crippen LogP contribution in [0.1, 0.15) is 57.6 Å². The summed E-state index contributed by atoms with van der Waals surface area (Å²) >= 11 is 43.7. The number of hydrogen-bond donors (Lipinski definition) is 0. The van der Waals surface area contributed by atoms with Crippen LogP contribution in [0.5, 0.6) is 17.2 Å². The second kappa shape index (κ2) is 20.2. The summed E-state index contributed by atoms with van der Waals surface area (Å²) in [6.45, 7) is 2.26. The van der Waals surface area contributed by atoms with E-state index in [0.717, 1.165) is 28.2 Å². The Hall–Kier alpha value is -3.12. The van der Waals surface area contributed by atoms with Gasteiger partial charge in [0.05, 0.1) is 7.11 Å². The van der Waals surface area contributed by atoms with Gasteiger partial charge in [0.25, 0.3) is 25.3 Å². The predicted molar refractivity (Wildman–Crippen MR) is 233 cm³/mol. The summed E-state index contributed by atoms with van der Waals surface area (Å²) in [5, 5.41) is 22.6. The Kier molecular flexibility index (Phi) is 16.0. The molecule has 0 fully saturated rings. The first kappa shape index (κ1) is 45.0. The smallest absolute Gasteiger partial charge is 0.268 e. The van der Waals surface area contributed by atoms with Crippen molar-refractivity contribution >= 4 is 154 Å². The molecule has 0 spiro atoms. The van der Waals surface area contributed by atoms with Crippen LogP contribution in [0.4, 0.5) is 0 Å². The zero-order chi connectivity index (χ0) is 41.2. The maximum absolute atomic E-state index is 5.63. The predicted octanol–water partition coefficient (Wildman–Crippen LogP) is 12.7. The van der Waals surface area contributed by atoms with Gasteiger partial charge in [0.15, 0.2) is 11.5 Å². The highest BCUT2D eigenvalue weighted by molar-refractivity contribution is 9.38. The minimum atomic E-state index is -1.72. The van der Waals surface area contributed by atoms with Crippen molar-refractivity contribution in [2.24, 2.45) is 0 Å². The number of ether oxygens (including phenoxy) is 3. The molecule has 0 atom stereocenters. The van der Waals surface area contributed by atoms with Gasteiger partial charge in [-0.3, -0.25) is 0 Å². The first-order valence-corrected chi connectivity index (χ1v) is 20.5. The molecule has 0 aliphatic carbocycles. The van der Waals surface area contributed by atoms with E-state index >= 15 is 0 Å². The SMILES string of the molecule is COc1ccc(/C=C/c2nnc(C(Br)(Br)Br)o2)cc1.Cc1ccc(/C=C/c2nnc(C(Cl)(Cl)Cl)o2)cc1.ClC(Cl)(Cl)c1nnc(/C=C/c2ccc3c(c2)OCO3)o1. The average Bonchev–Trinajstić information content (AvgIpc) is 4.00. The van der Waals surface area contributed by atoms with Crippen molar-refractivity contribution in [1.82, 2.24) is 30.6 Å². The molecule has 0 amide bonds. The van der Waals surface area contributed by atoms with Gasteiger partial charge < -0.3 is 27.5 Å². The van der Waals surface area contributed by atoms with Crippen molar-refractivity contribution in [2.45, 2.75) is 16.7 Å². The van der Waals surface area contributed by atoms with Crippen LogP contribution in [0.3, 0.4) is 0 Å². The number of alkyl halides is 9. The van der Waals surface area contributed by atoms with E-state index in [1.54, 1.807) is 31.4 Å². The fourth-order valence-electron chi connectivity index (χ4n) is 4.16. The van der Waals surface area contributed by atoms with Crippen molar-refractivity contribution in [3.8, 4) is 17.2 Å². The highest BCUT2D eigenvalue weighted by Crippen LogP contribution is 2.43. The third-order valence-corrected chi connectivity index (χ3v) is 8.88. The Labute approximate surface area is 380 Å². The van der Waals surface area contributed by atoms with E-state index in [2.05, 4.69) is 78.4 Å². The van der Waals surface area contributed by atoms with E-state index in [-0.39, 0.29) is 30.4 Å². The molecule has 12 nitrogen and oxygen atoms in total. The van der Waals surface area contributed by atoms with Crippen LogP contribution >= 0.6 is 117 Å². The second-order valence-electron chi connectivity index (χ2n) is 11.1. The number of nitrogens with zero attached hydrogens (tertiary/aromatic N) is 6. The Morgan fingerprint density at radius 2 is 0.965 bits per heavy atom. The molecule has 0 bridgehead atoms. The molecular formula is C36H25Br3Cl6N6O6. The van der Waals surface area contributed by atoms with Crippen LogP contribution in [0.25, 0.3) is 36.5 Å². The van der Waals surface area contributed by atoms with Crippen LogP contribution < -0.4 is 14.2 Å². The molecule has 0 radical (unpaired) electrons. The Morgan fingerprint density at radius 1 is 0.544 bits per heavy atom. The molecule has 21 heteroatoms. The van der Waals surface area contributed by atoms with E-state index in [1.165, 1.54) is 5.56 Å². The van der Waals surface area contributed by atoms with Gasteiger partial charge in [-0.05, 0) is 114 Å². The number of methoxy groups -OCH3 is 1. The zero-order valence-corrected chi connectivity index (χ0v) is 38.4. The first-order chi connectivity index (χ1) is 27.0. The highest BCUT2D eigenvalue weighted by atomic mass is 80.0. The van der Waals surface area contributed by atoms with Gasteiger partial charge in [-0.15, -0.1) is 30.6 Å². The fourth-order valence-corrected chi connectivity index (χ4v) is 5.10. The van der Waals surface area contributed by atoms with Crippen molar-refractivity contribution < 1.29 is 27.5 Å². The van der Waals surface area contributed by atoms with Crippen molar-refractivity contribution in [1.29, 1.82) is 0 Å². The first-order valence-electron chi connectivity index (χ1n) is 15.8. The molecule has 4 heterocycles. The molecule has 3 aromatic carbocycles. The topological polar surface area (TPSA) is 144 Å². The molecule has 6 aromatic rings. The Balaban J connectivity index is 0.000000163. The summed E-state index contributed by atoms with van der Waals surface area (Å²) in [6.07, 6.45) is 10.5. The molecule has 3 aromatic heterocycles. The molecule has 1 aliphatic heterocycles. The minimum absolute atomic E-state index is 0.0453. The van der Waals surface area contributed by atoms with E-state index < -0.39 is 9.73 Å². The van der Waals surface area contributed by atoms with E-state index in [0.29, 0.717) is 17.5 Å². The third-order valence-electron chi connectivity index (χ3n) is 6.89. The number of rotatable bonds is 7. The van der Waals surface area contributed by atoms with Gasteiger partial charge >= 0.3 is 0 Å². The van der Waals surface area contributed by atoms with E-state index in [1.807, 2.05) is 85.8 Å². The quantitative estimate of drug-likeness (QED) is 0.140. The van der Waals surface area contributed by atoms with Crippen molar-refractivity contribution in [3.05, 3.63) is 124 Å². The second-order valence-corrected chi connectivity index (χ2v) is 22.4. The molecule has 0 saturated heterocycles. The average molecular weight is 1090 g/mol. The largest absolute Gasteiger partial charge is 0.497 e. The summed E-state index contributed by atoms with van der Waals surface area (Å²) in [5.41, 5.74) is 4.13. The van der Waals surface area contributed by atoms with Gasteiger partial charge in [-0.25, -0.2) is 0 Å². The Morgan fingerprint density at radius 3 is 1.40 bits per heavy atom. The number of hydrogen-bond acceptors (Lipinski definition) is 12. The maximum atomic E-state index is 5.63. The van der Waals surface area contributed by atoms with Crippen LogP contribution in [0, 0.1) is 6.92 Å². The summed E-state index contributed by atoms with van der Waals surface area (Å²) < 4.78 is 27.3. The van der Waals surface area contributed by atoms with Gasteiger partial charge in [0.1, 0.15) is 5.75 Å². The lowest BCUT2D eigenvalue weighted by Gasteiger charge is -2.03. The summed E-state index contributed by atoms with van der Waals surface area (Å²) in [7, 11) is 1.64. The van der Waals surface area contributed by atoms with Crippen LogP contribution in [0.2, 0.25) is 0 Å². The molecule has 0 N–H and O–H groups in total. The zero-order valence-electron chi connectivity index (χ0n) is 29.1. The molecule has 7 rings (SSSR count). The van der Waals surface area contributed by atoms with Crippen molar-refractivity contribution in [3.63, 3.8) is 0 Å². The normalized spacial score (nSPS) is 12.8.